The molecule has 0 radical (unpaired) electrons. The molecule has 0 aromatic heterocycles. The van der Waals surface area contributed by atoms with Crippen LogP contribution in [-0.4, -0.2) is 29.9 Å². The van der Waals surface area contributed by atoms with Gasteiger partial charge in [-0.1, -0.05) is 0 Å². The summed E-state index contributed by atoms with van der Waals surface area (Å²) in [5, 5.41) is 0. The Kier molecular flexibility index (Phi) is 7.14. The third kappa shape index (κ3) is 5.27. The minimum absolute atomic E-state index is 0.693. The topological polar surface area (TPSA) is 0 Å². The van der Waals surface area contributed by atoms with Crippen LogP contribution >= 0.6 is 0 Å². The third-order valence-corrected chi connectivity index (χ3v) is 11.1. The zero-order chi connectivity index (χ0) is 15.0. The standard InChI is InChI=1S/C20H28Se2/c1-4-10-17(11-5-1)20(22-19-14-8-3-9-15-19)16-21-18-12-6-2-7-13-18/h1,4-5,10-11,16,18-19H,2-3,6-9,12-15H2/b20-16-. The molecule has 2 fully saturated rings. The van der Waals surface area contributed by atoms with Crippen molar-refractivity contribution < 1.29 is 0 Å². The van der Waals surface area contributed by atoms with Gasteiger partial charge in [0.05, 0.1) is 0 Å². The second kappa shape index (κ2) is 9.33. The Balaban J connectivity index is 1.67. The fourth-order valence-corrected chi connectivity index (χ4v) is 9.55. The van der Waals surface area contributed by atoms with E-state index in [4.69, 9.17) is 0 Å². The first kappa shape index (κ1) is 16.8. The van der Waals surface area contributed by atoms with Gasteiger partial charge in [-0.05, 0) is 0 Å². The fourth-order valence-electron chi connectivity index (χ4n) is 3.49. The van der Waals surface area contributed by atoms with Gasteiger partial charge in [0.25, 0.3) is 0 Å². The van der Waals surface area contributed by atoms with E-state index in [1.54, 1.807) is 4.47 Å². The molecule has 0 unspecified atom stereocenters. The van der Waals surface area contributed by atoms with E-state index in [1.807, 2.05) is 0 Å². The van der Waals surface area contributed by atoms with Crippen LogP contribution in [0, 0.1) is 0 Å². The summed E-state index contributed by atoms with van der Waals surface area (Å²) in [6.45, 7) is 0. The average Bonchev–Trinajstić information content (AvgIpc) is 2.61. The molecule has 0 atom stereocenters. The Hall–Kier alpha value is -0.00104. The third-order valence-electron chi connectivity index (χ3n) is 4.82. The quantitative estimate of drug-likeness (QED) is 0.515. The monoisotopic (exact) mass is 428 g/mol. The van der Waals surface area contributed by atoms with Gasteiger partial charge in [-0.3, -0.25) is 0 Å². The van der Waals surface area contributed by atoms with Crippen molar-refractivity contribution in [2.24, 2.45) is 0 Å². The summed E-state index contributed by atoms with van der Waals surface area (Å²) in [4.78, 5) is 4.74. The molecule has 1 aromatic rings. The summed E-state index contributed by atoms with van der Waals surface area (Å²) >= 11 is 1.42. The predicted molar refractivity (Wildman–Crippen MR) is 99.6 cm³/mol. The van der Waals surface area contributed by atoms with Crippen molar-refractivity contribution in [1.82, 2.24) is 0 Å². The molecule has 2 heteroatoms. The molecule has 0 bridgehead atoms. The number of hydrogen-bond acceptors (Lipinski definition) is 0. The Bertz CT molecular complexity index is 454. The molecule has 120 valence electrons. The second-order valence-corrected chi connectivity index (χ2v) is 11.9. The Morgan fingerprint density at radius 1 is 0.773 bits per heavy atom. The molecular formula is C20H28Se2. The van der Waals surface area contributed by atoms with Crippen LogP contribution in [0.3, 0.4) is 0 Å². The second-order valence-electron chi connectivity index (χ2n) is 6.62. The Labute approximate surface area is 148 Å². The molecule has 0 spiro atoms. The van der Waals surface area contributed by atoms with Crippen LogP contribution in [-0.2, 0) is 0 Å². The van der Waals surface area contributed by atoms with E-state index in [1.165, 1.54) is 69.8 Å². The van der Waals surface area contributed by atoms with Crippen molar-refractivity contribution in [1.29, 1.82) is 0 Å². The van der Waals surface area contributed by atoms with E-state index in [-0.39, 0.29) is 0 Å². The summed E-state index contributed by atoms with van der Waals surface area (Å²) in [6, 6.07) is 11.3. The first-order valence-corrected chi connectivity index (χ1v) is 12.8. The van der Waals surface area contributed by atoms with Gasteiger partial charge in [-0.25, -0.2) is 0 Å². The molecule has 0 N–H and O–H groups in total. The molecule has 0 aliphatic heterocycles. The van der Waals surface area contributed by atoms with Gasteiger partial charge in [-0.15, -0.1) is 0 Å². The first-order valence-electron chi connectivity index (χ1n) is 8.99. The molecule has 0 nitrogen and oxygen atoms in total. The summed E-state index contributed by atoms with van der Waals surface area (Å²) in [5.41, 5.74) is 1.52. The molecule has 2 saturated carbocycles. The SMILES string of the molecule is C(/[Se]C1CCCCC1)=C(/[Se]C1CCCCC1)c1ccccc1. The molecule has 3 rings (SSSR count). The molecule has 22 heavy (non-hydrogen) atoms. The van der Waals surface area contributed by atoms with Gasteiger partial charge in [0.2, 0.25) is 0 Å². The predicted octanol–water partition coefficient (Wildman–Crippen LogP) is 5.90. The maximum absolute atomic E-state index is 2.70. The van der Waals surface area contributed by atoms with Crippen molar-refractivity contribution in [3.63, 3.8) is 0 Å². The van der Waals surface area contributed by atoms with E-state index < -0.39 is 0 Å². The Morgan fingerprint density at radius 2 is 1.36 bits per heavy atom. The molecule has 0 saturated heterocycles. The zero-order valence-corrected chi connectivity index (χ0v) is 16.9. The fraction of sp³-hybridized carbons (Fsp3) is 0.600. The van der Waals surface area contributed by atoms with E-state index in [0.29, 0.717) is 15.0 Å². The van der Waals surface area contributed by atoms with Gasteiger partial charge in [0.1, 0.15) is 0 Å². The number of benzene rings is 1. The summed E-state index contributed by atoms with van der Waals surface area (Å²) in [5.74, 6) is 0. The van der Waals surface area contributed by atoms with Gasteiger partial charge in [0, 0.05) is 0 Å². The van der Waals surface area contributed by atoms with Crippen molar-refractivity contribution in [2.75, 3.05) is 0 Å². The average molecular weight is 426 g/mol. The summed E-state index contributed by atoms with van der Waals surface area (Å²) < 4.78 is 1.73. The number of rotatable bonds is 5. The minimum atomic E-state index is 0.693. The van der Waals surface area contributed by atoms with Crippen LogP contribution in [0.25, 0.3) is 4.47 Å². The van der Waals surface area contributed by atoms with Crippen molar-refractivity contribution >= 4 is 34.4 Å². The maximum atomic E-state index is 2.70. The number of hydrogen-bond donors (Lipinski definition) is 0. The van der Waals surface area contributed by atoms with E-state index in [9.17, 15) is 0 Å². The zero-order valence-electron chi connectivity index (χ0n) is 13.5. The van der Waals surface area contributed by atoms with Gasteiger partial charge < -0.3 is 0 Å². The van der Waals surface area contributed by atoms with Crippen molar-refractivity contribution in [2.45, 2.75) is 73.8 Å². The molecular weight excluding hydrogens is 398 g/mol. The van der Waals surface area contributed by atoms with Crippen LogP contribution in [0.15, 0.2) is 35.3 Å². The van der Waals surface area contributed by atoms with Crippen LogP contribution in [0.2, 0.25) is 9.63 Å². The van der Waals surface area contributed by atoms with E-state index >= 15 is 0 Å². The van der Waals surface area contributed by atoms with Crippen LogP contribution in [0.5, 0.6) is 0 Å². The van der Waals surface area contributed by atoms with Crippen LogP contribution < -0.4 is 0 Å². The van der Waals surface area contributed by atoms with Crippen molar-refractivity contribution in [3.8, 4) is 0 Å². The van der Waals surface area contributed by atoms with Gasteiger partial charge >= 0.3 is 149 Å². The van der Waals surface area contributed by atoms with Gasteiger partial charge in [0.15, 0.2) is 0 Å². The summed E-state index contributed by atoms with van der Waals surface area (Å²) in [7, 11) is 0. The van der Waals surface area contributed by atoms with Gasteiger partial charge in [-0.2, -0.15) is 0 Å². The Morgan fingerprint density at radius 3 is 2.00 bits per heavy atom. The van der Waals surface area contributed by atoms with E-state index in [2.05, 4.69) is 35.3 Å². The van der Waals surface area contributed by atoms with E-state index in [0.717, 1.165) is 24.6 Å². The van der Waals surface area contributed by atoms with Crippen molar-refractivity contribution in [3.05, 3.63) is 40.9 Å². The molecule has 1 aromatic carbocycles. The van der Waals surface area contributed by atoms with Crippen LogP contribution in [0.1, 0.15) is 69.8 Å². The summed E-state index contributed by atoms with van der Waals surface area (Å²) in [6.07, 6.45) is 14.8. The molecule has 0 amide bonds. The molecule has 2 aliphatic carbocycles. The first-order chi connectivity index (χ1) is 10.9. The molecule has 0 heterocycles. The van der Waals surface area contributed by atoms with Crippen LogP contribution in [0.4, 0.5) is 0 Å². The molecule has 2 aliphatic rings. The normalized spacial score (nSPS) is 21.9.